The molecule has 2 aromatic rings. The smallest absolute Gasteiger partial charge is 0.295 e. The quantitative estimate of drug-likeness (QED) is 0.540. The second kappa shape index (κ2) is 7.91. The summed E-state index contributed by atoms with van der Waals surface area (Å²) in [5.41, 5.74) is 0.552. The molecule has 1 heterocycles. The van der Waals surface area contributed by atoms with E-state index >= 15 is 0 Å². The van der Waals surface area contributed by atoms with Crippen molar-refractivity contribution < 1.29 is 18.8 Å². The van der Waals surface area contributed by atoms with Gasteiger partial charge in [0.05, 0.1) is 18.1 Å². The van der Waals surface area contributed by atoms with Crippen LogP contribution in [0.2, 0.25) is 0 Å². The van der Waals surface area contributed by atoms with Crippen LogP contribution in [-0.4, -0.2) is 49.0 Å². The van der Waals surface area contributed by atoms with Crippen LogP contribution in [0.3, 0.4) is 0 Å². The SMILES string of the molecule is COc1cc(N2CCN(C(=O)c3ccc(Br)cc3)CC2)c([N+](=O)[O-])cc1F. The molecule has 1 fully saturated rings. The Bertz CT molecular complexity index is 868. The highest BCUT2D eigenvalue weighted by Gasteiger charge is 2.28. The van der Waals surface area contributed by atoms with Gasteiger partial charge in [0, 0.05) is 42.3 Å². The standard InChI is InChI=1S/C18H17BrFN3O4/c1-27-17-11-15(16(23(25)26)10-14(17)20)21-6-8-22(9-7-21)18(24)12-2-4-13(19)5-3-12/h2-5,10-11H,6-9H2,1H3. The molecular formula is C18H17BrFN3O4. The molecule has 1 aliphatic rings. The lowest BCUT2D eigenvalue weighted by Crippen LogP contribution is -2.49. The average Bonchev–Trinajstić information content (AvgIpc) is 2.68. The van der Waals surface area contributed by atoms with Crippen LogP contribution in [0.4, 0.5) is 15.8 Å². The molecule has 0 unspecified atom stereocenters. The Morgan fingerprint density at radius 3 is 2.37 bits per heavy atom. The van der Waals surface area contributed by atoms with Crippen molar-refractivity contribution in [2.75, 3.05) is 38.2 Å². The monoisotopic (exact) mass is 437 g/mol. The molecule has 7 nitrogen and oxygen atoms in total. The van der Waals surface area contributed by atoms with Crippen LogP contribution in [0.5, 0.6) is 5.75 Å². The van der Waals surface area contributed by atoms with Gasteiger partial charge in [0.2, 0.25) is 0 Å². The maximum atomic E-state index is 13.8. The molecule has 0 aromatic heterocycles. The molecule has 0 N–H and O–H groups in total. The zero-order chi connectivity index (χ0) is 19.6. The lowest BCUT2D eigenvalue weighted by molar-refractivity contribution is -0.384. The van der Waals surface area contributed by atoms with Gasteiger partial charge in [-0.05, 0) is 24.3 Å². The van der Waals surface area contributed by atoms with Crippen LogP contribution < -0.4 is 9.64 Å². The number of halogens is 2. The molecule has 0 saturated carbocycles. The summed E-state index contributed by atoms with van der Waals surface area (Å²) in [6.45, 7) is 1.62. The van der Waals surface area contributed by atoms with Crippen LogP contribution in [0, 0.1) is 15.9 Å². The topological polar surface area (TPSA) is 75.9 Å². The number of nitro benzene ring substituents is 1. The third-order valence-electron chi connectivity index (χ3n) is 4.44. The predicted molar refractivity (Wildman–Crippen MR) is 102 cm³/mol. The highest BCUT2D eigenvalue weighted by Crippen LogP contribution is 2.35. The predicted octanol–water partition coefficient (Wildman–Crippen LogP) is 3.47. The fourth-order valence-corrected chi connectivity index (χ4v) is 3.28. The second-order valence-corrected chi connectivity index (χ2v) is 6.93. The van der Waals surface area contributed by atoms with E-state index in [2.05, 4.69) is 15.9 Å². The van der Waals surface area contributed by atoms with E-state index in [4.69, 9.17) is 4.74 Å². The number of hydrogen-bond donors (Lipinski definition) is 0. The van der Waals surface area contributed by atoms with E-state index < -0.39 is 10.7 Å². The maximum absolute atomic E-state index is 13.8. The number of methoxy groups -OCH3 is 1. The molecule has 0 atom stereocenters. The van der Waals surface area contributed by atoms with Crippen molar-refractivity contribution in [3.05, 3.63) is 62.4 Å². The van der Waals surface area contributed by atoms with Gasteiger partial charge in [0.15, 0.2) is 11.6 Å². The zero-order valence-electron chi connectivity index (χ0n) is 14.5. The van der Waals surface area contributed by atoms with Gasteiger partial charge in [-0.25, -0.2) is 4.39 Å². The highest BCUT2D eigenvalue weighted by atomic mass is 79.9. The Hall–Kier alpha value is -2.68. The van der Waals surface area contributed by atoms with Crippen molar-refractivity contribution in [3.63, 3.8) is 0 Å². The van der Waals surface area contributed by atoms with Crippen molar-refractivity contribution >= 4 is 33.2 Å². The number of ether oxygens (including phenoxy) is 1. The number of nitrogens with zero attached hydrogens (tertiary/aromatic N) is 3. The molecule has 1 aliphatic heterocycles. The first-order valence-electron chi connectivity index (χ1n) is 8.22. The maximum Gasteiger partial charge on any atom is 0.295 e. The fraction of sp³-hybridized carbons (Fsp3) is 0.278. The van der Waals surface area contributed by atoms with Crippen LogP contribution in [0.15, 0.2) is 40.9 Å². The molecule has 0 radical (unpaired) electrons. The summed E-state index contributed by atoms with van der Waals surface area (Å²) in [6, 6.07) is 9.30. The first kappa shape index (κ1) is 19.1. The van der Waals surface area contributed by atoms with Crippen molar-refractivity contribution in [3.8, 4) is 5.75 Å². The van der Waals surface area contributed by atoms with Crippen LogP contribution in [0.25, 0.3) is 0 Å². The molecule has 0 aliphatic carbocycles. The van der Waals surface area contributed by atoms with Gasteiger partial charge in [-0.1, -0.05) is 15.9 Å². The Morgan fingerprint density at radius 2 is 1.81 bits per heavy atom. The van der Waals surface area contributed by atoms with Crippen molar-refractivity contribution in [2.45, 2.75) is 0 Å². The number of amides is 1. The Balaban J connectivity index is 1.76. The number of hydrogen-bond acceptors (Lipinski definition) is 5. The first-order chi connectivity index (χ1) is 12.9. The van der Waals surface area contributed by atoms with Gasteiger partial charge in [-0.15, -0.1) is 0 Å². The number of piperazine rings is 1. The molecule has 27 heavy (non-hydrogen) atoms. The molecule has 1 amide bonds. The molecule has 3 rings (SSSR count). The number of anilines is 1. The molecule has 9 heteroatoms. The number of benzene rings is 2. The van der Waals surface area contributed by atoms with Gasteiger partial charge >= 0.3 is 0 Å². The molecule has 1 saturated heterocycles. The highest BCUT2D eigenvalue weighted by molar-refractivity contribution is 9.10. The van der Waals surface area contributed by atoms with Crippen LogP contribution in [0.1, 0.15) is 10.4 Å². The van der Waals surface area contributed by atoms with E-state index in [-0.39, 0.29) is 23.0 Å². The van der Waals surface area contributed by atoms with E-state index in [0.29, 0.717) is 31.7 Å². The summed E-state index contributed by atoms with van der Waals surface area (Å²) in [6.07, 6.45) is 0. The first-order valence-corrected chi connectivity index (χ1v) is 9.01. The normalized spacial score (nSPS) is 14.2. The summed E-state index contributed by atoms with van der Waals surface area (Å²) in [5, 5.41) is 11.3. The molecular weight excluding hydrogens is 421 g/mol. The minimum atomic E-state index is -0.781. The van der Waals surface area contributed by atoms with Gasteiger partial charge in [0.1, 0.15) is 5.69 Å². The Kier molecular flexibility index (Phi) is 5.59. The summed E-state index contributed by atoms with van der Waals surface area (Å²) >= 11 is 3.34. The van der Waals surface area contributed by atoms with Gasteiger partial charge < -0.3 is 14.5 Å². The van der Waals surface area contributed by atoms with Gasteiger partial charge in [0.25, 0.3) is 11.6 Å². The fourth-order valence-electron chi connectivity index (χ4n) is 3.01. The van der Waals surface area contributed by atoms with Crippen molar-refractivity contribution in [2.24, 2.45) is 0 Å². The van der Waals surface area contributed by atoms with E-state index in [9.17, 15) is 19.3 Å². The van der Waals surface area contributed by atoms with E-state index in [1.807, 2.05) is 0 Å². The van der Waals surface area contributed by atoms with Gasteiger partial charge in [-0.3, -0.25) is 14.9 Å². The van der Waals surface area contributed by atoms with E-state index in [1.165, 1.54) is 13.2 Å². The molecule has 0 bridgehead atoms. The van der Waals surface area contributed by atoms with Crippen LogP contribution in [-0.2, 0) is 0 Å². The van der Waals surface area contributed by atoms with E-state index in [0.717, 1.165) is 10.5 Å². The summed E-state index contributed by atoms with van der Waals surface area (Å²) in [4.78, 5) is 26.7. The lowest BCUT2D eigenvalue weighted by Gasteiger charge is -2.36. The molecule has 2 aromatic carbocycles. The molecule has 0 spiro atoms. The van der Waals surface area contributed by atoms with Gasteiger partial charge in [-0.2, -0.15) is 0 Å². The lowest BCUT2D eigenvalue weighted by atomic mass is 10.1. The Morgan fingerprint density at radius 1 is 1.19 bits per heavy atom. The largest absolute Gasteiger partial charge is 0.494 e. The number of nitro groups is 1. The third kappa shape index (κ3) is 4.02. The van der Waals surface area contributed by atoms with Crippen LogP contribution >= 0.6 is 15.9 Å². The zero-order valence-corrected chi connectivity index (χ0v) is 16.1. The summed E-state index contributed by atoms with van der Waals surface area (Å²) in [5.74, 6) is -0.922. The third-order valence-corrected chi connectivity index (χ3v) is 4.97. The summed E-state index contributed by atoms with van der Waals surface area (Å²) < 4.78 is 19.7. The molecule has 142 valence electrons. The number of rotatable bonds is 4. The minimum Gasteiger partial charge on any atom is -0.494 e. The van der Waals surface area contributed by atoms with Crippen molar-refractivity contribution in [1.29, 1.82) is 0 Å². The minimum absolute atomic E-state index is 0.0519. The second-order valence-electron chi connectivity index (χ2n) is 6.02. The average molecular weight is 438 g/mol. The number of carbonyl (C=O) groups excluding carboxylic acids is 1. The summed E-state index contributed by atoms with van der Waals surface area (Å²) in [7, 11) is 1.31. The number of carbonyl (C=O) groups is 1. The van der Waals surface area contributed by atoms with E-state index in [1.54, 1.807) is 34.1 Å². The van der Waals surface area contributed by atoms with Crippen molar-refractivity contribution in [1.82, 2.24) is 4.90 Å². The Labute approximate surface area is 163 Å².